The van der Waals surface area contributed by atoms with Gasteiger partial charge in [0.2, 0.25) is 0 Å². The minimum Gasteiger partial charge on any atom is -0.481 e. The van der Waals surface area contributed by atoms with Gasteiger partial charge in [0.15, 0.2) is 0 Å². The summed E-state index contributed by atoms with van der Waals surface area (Å²) < 4.78 is 11.8. The second-order valence-corrected chi connectivity index (χ2v) is 11.5. The van der Waals surface area contributed by atoms with E-state index in [0.717, 1.165) is 18.3 Å². The van der Waals surface area contributed by atoms with E-state index in [1.165, 1.54) is 54.4 Å². The fraction of sp³-hybridized carbons (Fsp3) is 0.548. The van der Waals surface area contributed by atoms with Crippen molar-refractivity contribution in [1.29, 1.82) is 0 Å². The fourth-order valence-electron chi connectivity index (χ4n) is 6.89. The predicted molar refractivity (Wildman–Crippen MR) is 142 cm³/mol. The van der Waals surface area contributed by atoms with Crippen LogP contribution in [0.25, 0.3) is 11.1 Å². The van der Waals surface area contributed by atoms with E-state index >= 15 is 0 Å². The molecule has 6 nitrogen and oxygen atoms in total. The highest BCUT2D eigenvalue weighted by molar-refractivity contribution is 5.79. The van der Waals surface area contributed by atoms with Gasteiger partial charge in [0.25, 0.3) is 0 Å². The number of fused-ring (bicyclic) bond motifs is 5. The first kappa shape index (κ1) is 25.8. The lowest BCUT2D eigenvalue weighted by Crippen LogP contribution is -2.40. The standard InChI is InChI=1S/C31H39NO5/c1-19(17-36-29(20(2)30(33)34)16-23-14-21-11-12-22(13-21)15-23)32-31(35)37-18-28-26-9-5-3-7-24(26)25-8-4-6-10-27(25)28/h3-10,19-23,28-29H,11-18H2,1-2H3,(H,32,35)(H,33,34)/t19-,20?,21?,22?,23?,29?/m1/s1. The van der Waals surface area contributed by atoms with Crippen LogP contribution in [-0.2, 0) is 14.3 Å². The number of alkyl carbamates (subject to hydrolysis) is 1. The first-order chi connectivity index (χ1) is 17.9. The quantitative estimate of drug-likeness (QED) is 0.399. The number of carboxylic acids is 1. The Morgan fingerprint density at radius 3 is 2.14 bits per heavy atom. The van der Waals surface area contributed by atoms with Crippen molar-refractivity contribution < 1.29 is 24.2 Å². The number of carbonyl (C=O) groups is 2. The maximum Gasteiger partial charge on any atom is 0.407 e. The number of ether oxygens (including phenoxy) is 2. The molecule has 3 aliphatic rings. The molecule has 0 spiro atoms. The molecule has 6 heteroatoms. The number of rotatable bonds is 10. The normalized spacial score (nSPS) is 24.5. The Morgan fingerprint density at radius 1 is 0.946 bits per heavy atom. The SMILES string of the molecule is CC(C(=O)O)C(CC1CC2CCC(C2)C1)OC[C@@H](C)NC(=O)OCC1c2ccccc2-c2ccccc21. The maximum atomic E-state index is 12.6. The molecule has 37 heavy (non-hydrogen) atoms. The third-order valence-corrected chi connectivity index (χ3v) is 8.76. The molecule has 2 aromatic rings. The molecular weight excluding hydrogens is 466 g/mol. The average Bonchev–Trinajstić information content (AvgIpc) is 3.40. The van der Waals surface area contributed by atoms with E-state index in [1.807, 2.05) is 31.2 Å². The number of benzene rings is 2. The largest absolute Gasteiger partial charge is 0.481 e. The van der Waals surface area contributed by atoms with Gasteiger partial charge in [0, 0.05) is 5.92 Å². The van der Waals surface area contributed by atoms with Crippen molar-refractivity contribution in [2.75, 3.05) is 13.2 Å². The highest BCUT2D eigenvalue weighted by Gasteiger charge is 2.37. The molecule has 2 fully saturated rings. The zero-order valence-electron chi connectivity index (χ0n) is 21.9. The van der Waals surface area contributed by atoms with Gasteiger partial charge >= 0.3 is 12.1 Å². The number of carbonyl (C=O) groups excluding carboxylic acids is 1. The third-order valence-electron chi connectivity index (χ3n) is 8.76. The van der Waals surface area contributed by atoms with Gasteiger partial charge in [-0.25, -0.2) is 4.79 Å². The number of nitrogens with one attached hydrogen (secondary N) is 1. The molecule has 0 saturated heterocycles. The van der Waals surface area contributed by atoms with Crippen LogP contribution in [0.1, 0.15) is 69.4 Å². The Hall–Kier alpha value is -2.86. The van der Waals surface area contributed by atoms with Crippen molar-refractivity contribution in [3.63, 3.8) is 0 Å². The van der Waals surface area contributed by atoms with Crippen molar-refractivity contribution in [3.8, 4) is 11.1 Å². The molecule has 2 N–H and O–H groups in total. The molecule has 5 atom stereocenters. The van der Waals surface area contributed by atoms with Gasteiger partial charge in [-0.3, -0.25) is 4.79 Å². The summed E-state index contributed by atoms with van der Waals surface area (Å²) in [7, 11) is 0. The summed E-state index contributed by atoms with van der Waals surface area (Å²) in [6.07, 6.45) is 6.31. The minimum absolute atomic E-state index is 0.0105. The topological polar surface area (TPSA) is 84.9 Å². The van der Waals surface area contributed by atoms with Crippen molar-refractivity contribution in [1.82, 2.24) is 5.32 Å². The molecule has 0 aromatic heterocycles. The van der Waals surface area contributed by atoms with E-state index < -0.39 is 18.0 Å². The molecule has 0 radical (unpaired) electrons. The zero-order chi connectivity index (χ0) is 25.9. The van der Waals surface area contributed by atoms with Crippen LogP contribution in [0.3, 0.4) is 0 Å². The highest BCUT2D eigenvalue weighted by Crippen LogP contribution is 2.46. The van der Waals surface area contributed by atoms with E-state index in [9.17, 15) is 14.7 Å². The Kier molecular flexibility index (Phi) is 7.84. The summed E-state index contributed by atoms with van der Waals surface area (Å²) in [4.78, 5) is 24.4. The molecule has 0 aliphatic heterocycles. The maximum absolute atomic E-state index is 12.6. The third kappa shape index (κ3) is 5.85. The summed E-state index contributed by atoms with van der Waals surface area (Å²) in [6, 6.07) is 16.2. The lowest BCUT2D eigenvalue weighted by atomic mass is 9.77. The van der Waals surface area contributed by atoms with E-state index in [0.29, 0.717) is 5.92 Å². The first-order valence-electron chi connectivity index (χ1n) is 13.8. The monoisotopic (exact) mass is 505 g/mol. The van der Waals surface area contributed by atoms with Crippen molar-refractivity contribution in [3.05, 3.63) is 59.7 Å². The smallest absolute Gasteiger partial charge is 0.407 e. The summed E-state index contributed by atoms with van der Waals surface area (Å²) in [5, 5.41) is 12.5. The number of hydrogen-bond donors (Lipinski definition) is 2. The molecule has 2 aromatic carbocycles. The number of amides is 1. The van der Waals surface area contributed by atoms with Crippen LogP contribution in [-0.4, -0.2) is 42.5 Å². The summed E-state index contributed by atoms with van der Waals surface area (Å²) in [6.45, 7) is 4.11. The van der Waals surface area contributed by atoms with Crippen LogP contribution in [0.5, 0.6) is 0 Å². The fourth-order valence-corrected chi connectivity index (χ4v) is 6.89. The van der Waals surface area contributed by atoms with Gasteiger partial charge < -0.3 is 19.9 Å². The first-order valence-corrected chi connectivity index (χ1v) is 13.8. The molecule has 1 amide bonds. The summed E-state index contributed by atoms with van der Waals surface area (Å²) >= 11 is 0. The molecule has 5 rings (SSSR count). The van der Waals surface area contributed by atoms with Gasteiger partial charge in [0.1, 0.15) is 6.61 Å². The van der Waals surface area contributed by atoms with Crippen LogP contribution in [0.4, 0.5) is 4.79 Å². The second kappa shape index (κ2) is 11.3. The molecule has 198 valence electrons. The van der Waals surface area contributed by atoms with Crippen LogP contribution in [0, 0.1) is 23.7 Å². The zero-order valence-corrected chi connectivity index (χ0v) is 21.9. The van der Waals surface area contributed by atoms with Gasteiger partial charge in [-0.15, -0.1) is 0 Å². The Balaban J connectivity index is 1.12. The lowest BCUT2D eigenvalue weighted by molar-refractivity contribution is -0.147. The average molecular weight is 506 g/mol. The van der Waals surface area contributed by atoms with Crippen molar-refractivity contribution >= 4 is 12.1 Å². The Morgan fingerprint density at radius 2 is 1.54 bits per heavy atom. The predicted octanol–water partition coefficient (Wildman–Crippen LogP) is 6.24. The van der Waals surface area contributed by atoms with Gasteiger partial charge in [-0.1, -0.05) is 61.4 Å². The number of carboxylic acid groups (broad SMARTS) is 1. The van der Waals surface area contributed by atoms with Crippen LogP contribution >= 0.6 is 0 Å². The Labute approximate surface area is 219 Å². The van der Waals surface area contributed by atoms with Crippen LogP contribution in [0.2, 0.25) is 0 Å². The van der Waals surface area contributed by atoms with Gasteiger partial charge in [0.05, 0.1) is 24.7 Å². The summed E-state index contributed by atoms with van der Waals surface area (Å²) in [5.74, 6) is 0.735. The molecule has 3 aliphatic carbocycles. The number of aliphatic carboxylic acids is 1. The summed E-state index contributed by atoms with van der Waals surface area (Å²) in [5.41, 5.74) is 4.74. The molecular formula is C31H39NO5. The molecule has 0 heterocycles. The van der Waals surface area contributed by atoms with E-state index in [4.69, 9.17) is 9.47 Å². The van der Waals surface area contributed by atoms with Crippen molar-refractivity contribution in [2.45, 2.75) is 70.4 Å². The Bertz CT molecular complexity index is 1060. The number of hydrogen-bond acceptors (Lipinski definition) is 4. The minimum atomic E-state index is -0.832. The lowest BCUT2D eigenvalue weighted by Gasteiger charge is -2.32. The van der Waals surface area contributed by atoms with E-state index in [1.54, 1.807) is 6.92 Å². The van der Waals surface area contributed by atoms with E-state index in [-0.39, 0.29) is 31.3 Å². The highest BCUT2D eigenvalue weighted by atomic mass is 16.5. The van der Waals surface area contributed by atoms with Gasteiger partial charge in [-0.05, 0) is 79.5 Å². The van der Waals surface area contributed by atoms with Gasteiger partial charge in [-0.2, -0.15) is 0 Å². The van der Waals surface area contributed by atoms with Crippen molar-refractivity contribution in [2.24, 2.45) is 23.7 Å². The molecule has 4 unspecified atom stereocenters. The molecule has 2 bridgehead atoms. The van der Waals surface area contributed by atoms with Crippen LogP contribution < -0.4 is 5.32 Å². The molecule has 2 saturated carbocycles. The second-order valence-electron chi connectivity index (χ2n) is 11.5. The van der Waals surface area contributed by atoms with E-state index in [2.05, 4.69) is 29.6 Å². The van der Waals surface area contributed by atoms with Crippen LogP contribution in [0.15, 0.2) is 48.5 Å².